The van der Waals surface area contributed by atoms with Gasteiger partial charge in [-0.3, -0.25) is 0 Å². The lowest BCUT2D eigenvalue weighted by atomic mass is 9.98. The summed E-state index contributed by atoms with van der Waals surface area (Å²) in [4.78, 5) is 7.31. The van der Waals surface area contributed by atoms with Crippen molar-refractivity contribution in [2.24, 2.45) is 0 Å². The van der Waals surface area contributed by atoms with Crippen LogP contribution < -0.4 is 5.73 Å². The van der Waals surface area contributed by atoms with Crippen LogP contribution in [0, 0.1) is 0 Å². The molecule has 1 saturated heterocycles. The second-order valence-electron chi connectivity index (χ2n) is 6.75. The van der Waals surface area contributed by atoms with Crippen molar-refractivity contribution in [1.29, 1.82) is 0 Å². The van der Waals surface area contributed by atoms with Gasteiger partial charge in [0.15, 0.2) is 0 Å². The van der Waals surface area contributed by atoms with Crippen LogP contribution in [0.15, 0.2) is 18.2 Å². The summed E-state index contributed by atoms with van der Waals surface area (Å²) in [6.07, 6.45) is 2.38. The Balaban J connectivity index is 2.09. The number of hydrogen-bond donors (Lipinski definition) is 1. The minimum Gasteiger partial charge on any atom is -0.399 e. The Morgan fingerprint density at radius 1 is 1.33 bits per heavy atom. The van der Waals surface area contributed by atoms with Crippen LogP contribution in [0.25, 0.3) is 11.0 Å². The Bertz CT molecular complexity index is 644. The van der Waals surface area contributed by atoms with Crippen LogP contribution in [-0.4, -0.2) is 34.1 Å². The van der Waals surface area contributed by atoms with Crippen molar-refractivity contribution < 1.29 is 0 Å². The molecule has 114 valence electrons. The van der Waals surface area contributed by atoms with Crippen molar-refractivity contribution in [2.75, 3.05) is 19.3 Å². The first-order valence-corrected chi connectivity index (χ1v) is 7.95. The van der Waals surface area contributed by atoms with Crippen LogP contribution in [0.5, 0.6) is 0 Å². The summed E-state index contributed by atoms with van der Waals surface area (Å²) in [7, 11) is 2.22. The minimum absolute atomic E-state index is 0.425. The standard InChI is InChI=1S/C17H26N4/c1-11(2)17-19-15-10-13(18)5-6-16(15)21(17)14-7-8-20(4)12(3)9-14/h5-6,10-12,14H,7-9,18H2,1-4H3. The van der Waals surface area contributed by atoms with Gasteiger partial charge < -0.3 is 15.2 Å². The van der Waals surface area contributed by atoms with E-state index >= 15 is 0 Å². The smallest absolute Gasteiger partial charge is 0.112 e. The normalized spacial score (nSPS) is 24.0. The maximum atomic E-state index is 5.92. The highest BCUT2D eigenvalue weighted by Crippen LogP contribution is 2.33. The highest BCUT2D eigenvalue weighted by molar-refractivity contribution is 5.80. The Kier molecular flexibility index (Phi) is 3.66. The van der Waals surface area contributed by atoms with E-state index < -0.39 is 0 Å². The van der Waals surface area contributed by atoms with Crippen molar-refractivity contribution in [2.45, 2.75) is 51.6 Å². The summed E-state index contributed by atoms with van der Waals surface area (Å²) in [6, 6.07) is 7.28. The highest BCUT2D eigenvalue weighted by Gasteiger charge is 2.27. The minimum atomic E-state index is 0.425. The topological polar surface area (TPSA) is 47.1 Å². The van der Waals surface area contributed by atoms with E-state index in [2.05, 4.69) is 43.4 Å². The quantitative estimate of drug-likeness (QED) is 0.861. The number of imidazole rings is 1. The summed E-state index contributed by atoms with van der Waals surface area (Å²) < 4.78 is 2.48. The van der Waals surface area contributed by atoms with E-state index in [1.807, 2.05) is 12.1 Å². The van der Waals surface area contributed by atoms with Crippen LogP contribution in [0.2, 0.25) is 0 Å². The van der Waals surface area contributed by atoms with Crippen molar-refractivity contribution in [3.8, 4) is 0 Å². The molecule has 1 aromatic heterocycles. The molecule has 1 aliphatic heterocycles. The summed E-state index contributed by atoms with van der Waals surface area (Å²) >= 11 is 0. The van der Waals surface area contributed by atoms with E-state index in [0.29, 0.717) is 18.0 Å². The van der Waals surface area contributed by atoms with Crippen LogP contribution in [0.4, 0.5) is 5.69 Å². The van der Waals surface area contributed by atoms with Gasteiger partial charge in [-0.2, -0.15) is 0 Å². The number of likely N-dealkylation sites (tertiary alicyclic amines) is 1. The fourth-order valence-corrected chi connectivity index (χ4v) is 3.42. The molecule has 21 heavy (non-hydrogen) atoms. The van der Waals surface area contributed by atoms with E-state index in [-0.39, 0.29) is 0 Å². The molecule has 2 atom stereocenters. The molecule has 1 fully saturated rings. The molecule has 2 N–H and O–H groups in total. The van der Waals surface area contributed by atoms with E-state index in [4.69, 9.17) is 10.7 Å². The van der Waals surface area contributed by atoms with Crippen molar-refractivity contribution in [1.82, 2.24) is 14.5 Å². The lowest BCUT2D eigenvalue weighted by molar-refractivity contribution is 0.157. The van der Waals surface area contributed by atoms with Gasteiger partial charge in [0.25, 0.3) is 0 Å². The third-order valence-corrected chi connectivity index (χ3v) is 4.80. The molecule has 2 heterocycles. The first-order valence-electron chi connectivity index (χ1n) is 7.95. The second kappa shape index (κ2) is 5.34. The average Bonchev–Trinajstić information content (AvgIpc) is 2.80. The molecule has 2 unspecified atom stereocenters. The molecule has 4 heteroatoms. The SMILES string of the molecule is CC(C)c1nc2cc(N)ccc2n1C1CCN(C)C(C)C1. The number of hydrogen-bond acceptors (Lipinski definition) is 3. The molecule has 0 saturated carbocycles. The first kappa shape index (κ1) is 14.4. The summed E-state index contributed by atoms with van der Waals surface area (Å²) in [5.74, 6) is 1.62. The fourth-order valence-electron chi connectivity index (χ4n) is 3.42. The third-order valence-electron chi connectivity index (χ3n) is 4.80. The Hall–Kier alpha value is -1.55. The van der Waals surface area contributed by atoms with Gasteiger partial charge in [-0.1, -0.05) is 13.8 Å². The Labute approximate surface area is 126 Å². The number of benzene rings is 1. The van der Waals surface area contributed by atoms with Gasteiger partial charge in [0.2, 0.25) is 0 Å². The van der Waals surface area contributed by atoms with E-state index in [1.54, 1.807) is 0 Å². The number of nitrogens with zero attached hydrogens (tertiary/aromatic N) is 3. The van der Waals surface area contributed by atoms with Gasteiger partial charge in [0.05, 0.1) is 11.0 Å². The number of anilines is 1. The largest absolute Gasteiger partial charge is 0.399 e. The summed E-state index contributed by atoms with van der Waals surface area (Å²) in [6.45, 7) is 7.91. The summed E-state index contributed by atoms with van der Waals surface area (Å²) in [5.41, 5.74) is 8.98. The van der Waals surface area contributed by atoms with Gasteiger partial charge in [-0.25, -0.2) is 4.98 Å². The molecule has 3 rings (SSSR count). The van der Waals surface area contributed by atoms with Gasteiger partial charge in [-0.05, 0) is 45.0 Å². The third kappa shape index (κ3) is 2.53. The summed E-state index contributed by atoms with van der Waals surface area (Å²) in [5, 5.41) is 0. The molecule has 2 aromatic rings. The van der Waals surface area contributed by atoms with Crippen LogP contribution in [0.3, 0.4) is 0 Å². The fraction of sp³-hybridized carbons (Fsp3) is 0.588. The molecule has 0 amide bonds. The van der Waals surface area contributed by atoms with Gasteiger partial charge in [0.1, 0.15) is 5.82 Å². The predicted octanol–water partition coefficient (Wildman–Crippen LogP) is 3.40. The monoisotopic (exact) mass is 286 g/mol. The molecule has 0 bridgehead atoms. The second-order valence-corrected chi connectivity index (χ2v) is 6.75. The maximum absolute atomic E-state index is 5.92. The first-order chi connectivity index (χ1) is 9.97. The number of aromatic nitrogens is 2. The van der Waals surface area contributed by atoms with Crippen molar-refractivity contribution in [3.63, 3.8) is 0 Å². The van der Waals surface area contributed by atoms with Crippen LogP contribution in [-0.2, 0) is 0 Å². The number of fused-ring (bicyclic) bond motifs is 1. The Morgan fingerprint density at radius 3 is 2.76 bits per heavy atom. The zero-order valence-electron chi connectivity index (χ0n) is 13.5. The highest BCUT2D eigenvalue weighted by atomic mass is 15.2. The maximum Gasteiger partial charge on any atom is 0.112 e. The number of nitrogen functional groups attached to an aromatic ring is 1. The van der Waals surface area contributed by atoms with Crippen LogP contribution in [0.1, 0.15) is 51.4 Å². The van der Waals surface area contributed by atoms with E-state index in [0.717, 1.165) is 17.7 Å². The zero-order valence-corrected chi connectivity index (χ0v) is 13.5. The van der Waals surface area contributed by atoms with Gasteiger partial charge in [0, 0.05) is 30.2 Å². The molecule has 0 aliphatic carbocycles. The van der Waals surface area contributed by atoms with Crippen LogP contribution >= 0.6 is 0 Å². The van der Waals surface area contributed by atoms with Crippen molar-refractivity contribution in [3.05, 3.63) is 24.0 Å². The molecule has 1 aliphatic rings. The lowest BCUT2D eigenvalue weighted by Crippen LogP contribution is -2.38. The van der Waals surface area contributed by atoms with Gasteiger partial charge >= 0.3 is 0 Å². The molecule has 4 nitrogen and oxygen atoms in total. The number of piperidine rings is 1. The van der Waals surface area contributed by atoms with E-state index in [9.17, 15) is 0 Å². The van der Waals surface area contributed by atoms with Crippen molar-refractivity contribution >= 4 is 16.7 Å². The average molecular weight is 286 g/mol. The molecule has 1 aromatic carbocycles. The molecular weight excluding hydrogens is 260 g/mol. The molecular formula is C17H26N4. The predicted molar refractivity (Wildman–Crippen MR) is 88.6 cm³/mol. The van der Waals surface area contributed by atoms with Gasteiger partial charge in [-0.15, -0.1) is 0 Å². The number of rotatable bonds is 2. The number of nitrogens with two attached hydrogens (primary N) is 1. The lowest BCUT2D eigenvalue weighted by Gasteiger charge is -2.36. The van der Waals surface area contributed by atoms with E-state index in [1.165, 1.54) is 24.2 Å². The molecule has 0 spiro atoms. The zero-order chi connectivity index (χ0) is 15.1. The molecule has 0 radical (unpaired) electrons. The Morgan fingerprint density at radius 2 is 2.10 bits per heavy atom.